The third kappa shape index (κ3) is 4.62. The van der Waals surface area contributed by atoms with Gasteiger partial charge in [-0.2, -0.15) is 4.21 Å². The molecule has 0 saturated carbocycles. The smallest absolute Gasteiger partial charge is 0.334 e. The maximum absolute atomic E-state index is 10.2. The summed E-state index contributed by atoms with van der Waals surface area (Å²) in [6.45, 7) is 1.12. The Morgan fingerprint density at radius 2 is 2.20 bits per heavy atom. The molecule has 7 heteroatoms. The molecule has 0 saturated heterocycles. The van der Waals surface area contributed by atoms with Crippen molar-refractivity contribution in [2.75, 3.05) is 0 Å². The molecule has 2 atom stereocenters. The predicted octanol–water partition coefficient (Wildman–Crippen LogP) is -0.390. The molecule has 10 heavy (non-hydrogen) atoms. The molecule has 0 radical (unpaired) electrons. The Kier molecular flexibility index (Phi) is 3.16. The molecule has 0 rings (SSSR count). The van der Waals surface area contributed by atoms with E-state index in [1.165, 1.54) is 0 Å². The van der Waals surface area contributed by atoms with Gasteiger partial charge in [0.25, 0.3) is 9.05 Å². The lowest BCUT2D eigenvalue weighted by atomic mass is 10.4. The van der Waals surface area contributed by atoms with Crippen molar-refractivity contribution in [3.05, 3.63) is 0 Å². The molecular weight excluding hydrogens is 180 g/mol. The fraction of sp³-hybridized carbons (Fsp3) is 0.667. The number of carboxylic acid groups (broad SMARTS) is 1. The second kappa shape index (κ2) is 3.24. The number of hydrogen-bond acceptors (Lipinski definition) is 4. The summed E-state index contributed by atoms with van der Waals surface area (Å²) in [5, 5.41) is 8.14. The highest BCUT2D eigenvalue weighted by molar-refractivity contribution is 8.27. The van der Waals surface area contributed by atoms with Gasteiger partial charge in [0.15, 0.2) is 6.10 Å². The van der Waals surface area contributed by atoms with Crippen molar-refractivity contribution >= 4 is 26.2 Å². The standard InChI is InChI=1S/C3H6O5S2/c1-2(3(4)5)8-10(6,7)9/h2H,1H3,(H,4,5)(H,6,7,9). The van der Waals surface area contributed by atoms with Crippen LogP contribution in [-0.2, 0) is 29.2 Å². The third-order valence-electron chi connectivity index (χ3n) is 0.614. The van der Waals surface area contributed by atoms with Crippen LogP contribution in [0.5, 0.6) is 0 Å². The Morgan fingerprint density at radius 3 is 2.30 bits per heavy atom. The van der Waals surface area contributed by atoms with E-state index in [1.807, 2.05) is 0 Å². The number of aliphatic carboxylic acids is 1. The fourth-order valence-electron chi connectivity index (χ4n) is 0.224. The molecule has 0 bridgehead atoms. The third-order valence-corrected chi connectivity index (χ3v) is 1.38. The van der Waals surface area contributed by atoms with E-state index >= 15 is 0 Å². The van der Waals surface area contributed by atoms with E-state index in [2.05, 4.69) is 15.4 Å². The van der Waals surface area contributed by atoms with Gasteiger partial charge >= 0.3 is 5.97 Å². The zero-order chi connectivity index (χ0) is 8.36. The summed E-state index contributed by atoms with van der Waals surface area (Å²) < 4.78 is 22.5. The van der Waals surface area contributed by atoms with E-state index in [0.29, 0.717) is 0 Å². The highest BCUT2D eigenvalue weighted by Crippen LogP contribution is 1.95. The van der Waals surface area contributed by atoms with Crippen LogP contribution in [0.1, 0.15) is 6.92 Å². The highest BCUT2D eigenvalue weighted by Gasteiger charge is 2.15. The molecule has 0 aromatic heterocycles. The molecule has 0 aliphatic heterocycles. The lowest BCUT2D eigenvalue weighted by molar-refractivity contribution is -0.144. The summed E-state index contributed by atoms with van der Waals surface area (Å²) in [5.74, 6) is -1.33. The van der Waals surface area contributed by atoms with Crippen LogP contribution in [0.3, 0.4) is 0 Å². The monoisotopic (exact) mass is 186 g/mol. The van der Waals surface area contributed by atoms with Crippen molar-refractivity contribution in [1.82, 2.24) is 0 Å². The van der Waals surface area contributed by atoms with E-state index in [1.54, 1.807) is 0 Å². The number of carboxylic acids is 1. The molecule has 0 fully saturated rings. The summed E-state index contributed by atoms with van der Waals surface area (Å²) in [7, 11) is -3.82. The van der Waals surface area contributed by atoms with Crippen LogP contribution in [0.15, 0.2) is 0 Å². The van der Waals surface area contributed by atoms with Crippen LogP contribution in [0.25, 0.3) is 0 Å². The summed E-state index contributed by atoms with van der Waals surface area (Å²) in [6.07, 6.45) is -1.35. The number of carbonyl (C=O) groups is 1. The van der Waals surface area contributed by atoms with Crippen molar-refractivity contribution < 1.29 is 22.8 Å². The van der Waals surface area contributed by atoms with Crippen LogP contribution < -0.4 is 0 Å². The van der Waals surface area contributed by atoms with Gasteiger partial charge < -0.3 is 5.11 Å². The first-order valence-electron chi connectivity index (χ1n) is 2.21. The van der Waals surface area contributed by atoms with Gasteiger partial charge in [-0.3, -0.25) is 8.74 Å². The van der Waals surface area contributed by atoms with Gasteiger partial charge in [0.2, 0.25) is 0 Å². The Bertz CT molecular complexity index is 217. The average molecular weight is 186 g/mol. The maximum Gasteiger partial charge on any atom is 0.334 e. The van der Waals surface area contributed by atoms with E-state index in [-0.39, 0.29) is 0 Å². The Labute approximate surface area is 62.7 Å². The van der Waals surface area contributed by atoms with Gasteiger partial charge in [-0.1, -0.05) is 0 Å². The fourth-order valence-corrected chi connectivity index (χ4v) is 1.02. The molecule has 2 unspecified atom stereocenters. The normalized spacial score (nSPS) is 19.4. The van der Waals surface area contributed by atoms with Crippen molar-refractivity contribution in [2.45, 2.75) is 13.0 Å². The molecule has 0 aliphatic carbocycles. The summed E-state index contributed by atoms with van der Waals surface area (Å²) >= 11 is 3.88. The lowest BCUT2D eigenvalue weighted by Crippen LogP contribution is -2.22. The predicted molar refractivity (Wildman–Crippen MR) is 36.3 cm³/mol. The van der Waals surface area contributed by atoms with E-state index in [4.69, 9.17) is 9.66 Å². The van der Waals surface area contributed by atoms with Crippen LogP contribution in [0.2, 0.25) is 0 Å². The summed E-state index contributed by atoms with van der Waals surface area (Å²) in [6, 6.07) is 0. The molecule has 0 heterocycles. The number of rotatable bonds is 3. The SMILES string of the molecule is CC(OS(=O)(O)=S)C(=O)O. The first kappa shape index (κ1) is 9.76. The molecule has 0 aromatic rings. The molecule has 60 valence electrons. The van der Waals surface area contributed by atoms with Gasteiger partial charge in [-0.15, -0.1) is 0 Å². The second-order valence-electron chi connectivity index (χ2n) is 1.50. The van der Waals surface area contributed by atoms with E-state index < -0.39 is 21.1 Å². The first-order valence-corrected chi connectivity index (χ1v) is 4.58. The van der Waals surface area contributed by atoms with E-state index in [0.717, 1.165) is 6.92 Å². The molecule has 0 spiro atoms. The minimum atomic E-state index is -3.82. The van der Waals surface area contributed by atoms with Crippen molar-refractivity contribution in [1.29, 1.82) is 0 Å². The molecule has 0 amide bonds. The van der Waals surface area contributed by atoms with Gasteiger partial charge in [0, 0.05) is 11.2 Å². The molecule has 5 nitrogen and oxygen atoms in total. The maximum atomic E-state index is 10.2. The van der Waals surface area contributed by atoms with Crippen molar-refractivity contribution in [3.8, 4) is 0 Å². The zero-order valence-electron chi connectivity index (χ0n) is 5.01. The van der Waals surface area contributed by atoms with E-state index in [9.17, 15) is 9.00 Å². The van der Waals surface area contributed by atoms with Crippen molar-refractivity contribution in [3.63, 3.8) is 0 Å². The molecular formula is C3H6O5S2. The van der Waals surface area contributed by atoms with Gasteiger partial charge in [0.1, 0.15) is 0 Å². The average Bonchev–Trinajstić information content (AvgIpc) is 1.60. The van der Waals surface area contributed by atoms with Crippen LogP contribution in [0.4, 0.5) is 0 Å². The van der Waals surface area contributed by atoms with Crippen molar-refractivity contribution in [2.24, 2.45) is 0 Å². The summed E-state index contributed by atoms with van der Waals surface area (Å²) in [4.78, 5) is 9.97. The van der Waals surface area contributed by atoms with Gasteiger partial charge in [-0.05, 0) is 6.92 Å². The van der Waals surface area contributed by atoms with Crippen LogP contribution in [0, 0.1) is 0 Å². The largest absolute Gasteiger partial charge is 0.479 e. The minimum Gasteiger partial charge on any atom is -0.479 e. The lowest BCUT2D eigenvalue weighted by Gasteiger charge is -2.04. The Morgan fingerprint density at radius 1 is 1.80 bits per heavy atom. The van der Waals surface area contributed by atoms with Gasteiger partial charge in [-0.25, -0.2) is 4.79 Å². The highest BCUT2D eigenvalue weighted by atomic mass is 32.9. The second-order valence-corrected chi connectivity index (χ2v) is 3.82. The number of hydrogen-bond donors (Lipinski definition) is 2. The van der Waals surface area contributed by atoms with Gasteiger partial charge in [0.05, 0.1) is 0 Å². The summed E-state index contributed by atoms with van der Waals surface area (Å²) in [5.41, 5.74) is 0. The molecule has 0 aliphatic rings. The Hall–Kier alpha value is -0.240. The minimum absolute atomic E-state index is 1.12. The molecule has 2 N–H and O–H groups in total. The van der Waals surface area contributed by atoms with Crippen LogP contribution in [-0.4, -0.2) is 25.9 Å². The quantitative estimate of drug-likeness (QED) is 0.624. The Balaban J connectivity index is 4.06. The topological polar surface area (TPSA) is 83.8 Å². The molecule has 0 aromatic carbocycles. The van der Waals surface area contributed by atoms with Crippen LogP contribution >= 0.6 is 0 Å². The first-order chi connectivity index (χ1) is 4.33. The zero-order valence-corrected chi connectivity index (χ0v) is 6.65.